The maximum atomic E-state index is 11.9. The zero-order valence-corrected chi connectivity index (χ0v) is 12.0. The highest BCUT2D eigenvalue weighted by Gasteiger charge is 2.15. The van der Waals surface area contributed by atoms with Gasteiger partial charge in [0.2, 0.25) is 10.0 Å². The molecule has 0 saturated heterocycles. The normalized spacial score (nSPS) is 11.4. The predicted molar refractivity (Wildman–Crippen MR) is 78.7 cm³/mol. The lowest BCUT2D eigenvalue weighted by molar-refractivity contribution is 0.588. The molecule has 2 aromatic rings. The first-order valence-corrected chi connectivity index (χ1v) is 7.99. The minimum Gasteiger partial charge on any atom is -0.398 e. The van der Waals surface area contributed by atoms with Gasteiger partial charge in [-0.05, 0) is 30.6 Å². The summed E-state index contributed by atoms with van der Waals surface area (Å²) in [4.78, 5) is 1.21. The van der Waals surface area contributed by atoms with Crippen LogP contribution in [0.25, 0.3) is 0 Å². The molecule has 0 aliphatic carbocycles. The van der Waals surface area contributed by atoms with Gasteiger partial charge < -0.3 is 11.1 Å². The van der Waals surface area contributed by atoms with Crippen LogP contribution < -0.4 is 15.8 Å². The molecule has 19 heavy (non-hydrogen) atoms. The number of hydrogen-bond donors (Lipinski definition) is 3. The molecular weight excluding hydrogens is 282 g/mol. The molecule has 0 spiro atoms. The zero-order chi connectivity index (χ0) is 13.9. The Morgan fingerprint density at radius 3 is 2.63 bits per heavy atom. The van der Waals surface area contributed by atoms with E-state index in [0.717, 1.165) is 4.88 Å². The lowest BCUT2D eigenvalue weighted by Crippen LogP contribution is -2.20. The van der Waals surface area contributed by atoms with Crippen LogP contribution in [0.15, 0.2) is 40.6 Å². The van der Waals surface area contributed by atoms with E-state index in [2.05, 4.69) is 10.0 Å². The van der Waals surface area contributed by atoms with Crippen molar-refractivity contribution in [2.75, 3.05) is 18.1 Å². The third kappa shape index (κ3) is 3.06. The van der Waals surface area contributed by atoms with Gasteiger partial charge in [0.25, 0.3) is 0 Å². The highest BCUT2D eigenvalue weighted by atomic mass is 32.2. The van der Waals surface area contributed by atoms with Crippen LogP contribution in [0.5, 0.6) is 0 Å². The number of benzene rings is 1. The molecule has 1 aromatic carbocycles. The van der Waals surface area contributed by atoms with Gasteiger partial charge in [0.05, 0.1) is 12.2 Å². The Morgan fingerprint density at radius 1 is 1.26 bits per heavy atom. The highest BCUT2D eigenvalue weighted by Crippen LogP contribution is 2.24. The summed E-state index contributed by atoms with van der Waals surface area (Å²) in [7, 11) is -2.08. The molecule has 0 aliphatic rings. The number of anilines is 2. The lowest BCUT2D eigenvalue weighted by Gasteiger charge is -2.11. The molecule has 2 rings (SSSR count). The topological polar surface area (TPSA) is 84.2 Å². The first-order chi connectivity index (χ1) is 9.04. The van der Waals surface area contributed by atoms with Gasteiger partial charge in [-0.3, -0.25) is 0 Å². The second-order valence-corrected chi connectivity index (χ2v) is 6.71. The quantitative estimate of drug-likeness (QED) is 0.786. The molecular formula is C12H15N3O2S2. The zero-order valence-electron chi connectivity index (χ0n) is 10.4. The van der Waals surface area contributed by atoms with Crippen LogP contribution in [0.2, 0.25) is 0 Å². The highest BCUT2D eigenvalue weighted by molar-refractivity contribution is 7.89. The molecule has 4 N–H and O–H groups in total. The number of hydrogen-bond acceptors (Lipinski definition) is 5. The van der Waals surface area contributed by atoms with Crippen LogP contribution in [0.3, 0.4) is 0 Å². The van der Waals surface area contributed by atoms with Crippen molar-refractivity contribution in [1.82, 2.24) is 4.72 Å². The second-order valence-electron chi connectivity index (χ2n) is 3.86. The van der Waals surface area contributed by atoms with Crippen LogP contribution >= 0.6 is 11.3 Å². The van der Waals surface area contributed by atoms with E-state index in [-0.39, 0.29) is 4.90 Å². The monoisotopic (exact) mass is 297 g/mol. The summed E-state index contributed by atoms with van der Waals surface area (Å²) in [5.74, 6) is 0. The molecule has 0 amide bonds. The molecule has 7 heteroatoms. The van der Waals surface area contributed by atoms with E-state index in [1.807, 2.05) is 11.4 Å². The Hall–Kier alpha value is -1.57. The summed E-state index contributed by atoms with van der Waals surface area (Å²) >= 11 is 1.54. The average Bonchev–Trinajstić information content (AvgIpc) is 2.82. The molecule has 5 nitrogen and oxygen atoms in total. The van der Waals surface area contributed by atoms with Gasteiger partial charge in [-0.15, -0.1) is 11.3 Å². The fraction of sp³-hybridized carbons (Fsp3) is 0.167. The Morgan fingerprint density at radius 2 is 2.00 bits per heavy atom. The van der Waals surface area contributed by atoms with E-state index in [0.29, 0.717) is 17.9 Å². The summed E-state index contributed by atoms with van der Waals surface area (Å²) in [5.41, 5.74) is 7.07. The lowest BCUT2D eigenvalue weighted by atomic mass is 10.3. The number of para-hydroxylation sites is 1. The molecule has 0 bridgehead atoms. The van der Waals surface area contributed by atoms with Crippen LogP contribution in [0, 0.1) is 0 Å². The Bertz CT molecular complexity index is 665. The summed E-state index contributed by atoms with van der Waals surface area (Å²) in [5, 5.41) is 5.01. The number of nitrogen functional groups attached to an aromatic ring is 1. The Kier molecular flexibility index (Phi) is 4.08. The van der Waals surface area contributed by atoms with Gasteiger partial charge in [-0.1, -0.05) is 12.1 Å². The third-order valence-electron chi connectivity index (χ3n) is 2.66. The number of thiophene rings is 1. The Balaban J connectivity index is 2.24. The van der Waals surface area contributed by atoms with E-state index >= 15 is 0 Å². The van der Waals surface area contributed by atoms with Gasteiger partial charge >= 0.3 is 0 Å². The van der Waals surface area contributed by atoms with Crippen molar-refractivity contribution in [3.05, 3.63) is 40.6 Å². The standard InChI is InChI=1S/C12H15N3O2S2/c1-14-19(16,17)12-5-3-2-4-10(12)15-8-11-9(13)6-7-18-11/h2-7,14-15H,8,13H2,1H3. The van der Waals surface area contributed by atoms with Crippen LogP contribution in [-0.4, -0.2) is 15.5 Å². The maximum absolute atomic E-state index is 11.9. The second kappa shape index (κ2) is 5.60. The minimum absolute atomic E-state index is 0.229. The molecule has 0 fully saturated rings. The first-order valence-electron chi connectivity index (χ1n) is 5.63. The molecule has 0 atom stereocenters. The molecule has 0 aliphatic heterocycles. The van der Waals surface area contributed by atoms with Gasteiger partial charge in [0, 0.05) is 10.6 Å². The number of nitrogens with one attached hydrogen (secondary N) is 2. The van der Waals surface area contributed by atoms with Gasteiger partial charge in [0.1, 0.15) is 4.90 Å². The predicted octanol–water partition coefficient (Wildman–Crippen LogP) is 1.85. The third-order valence-corrected chi connectivity index (χ3v) is 5.07. The average molecular weight is 297 g/mol. The summed E-state index contributed by atoms with van der Waals surface area (Å²) < 4.78 is 26.1. The molecule has 0 unspecified atom stereocenters. The van der Waals surface area contributed by atoms with E-state index < -0.39 is 10.0 Å². The van der Waals surface area contributed by atoms with E-state index in [1.165, 1.54) is 18.4 Å². The number of sulfonamides is 1. The number of nitrogens with two attached hydrogens (primary N) is 1. The van der Waals surface area contributed by atoms with Gasteiger partial charge in [-0.2, -0.15) is 0 Å². The first kappa shape index (κ1) is 13.9. The SMILES string of the molecule is CNS(=O)(=O)c1ccccc1NCc1sccc1N. The van der Waals surface area contributed by atoms with Crippen molar-refractivity contribution in [1.29, 1.82) is 0 Å². The van der Waals surface area contributed by atoms with Crippen molar-refractivity contribution in [2.45, 2.75) is 11.4 Å². The summed E-state index contributed by atoms with van der Waals surface area (Å²) in [6.45, 7) is 0.500. The van der Waals surface area contributed by atoms with E-state index in [4.69, 9.17) is 5.73 Å². The summed E-state index contributed by atoms with van der Waals surface area (Å²) in [6, 6.07) is 8.60. The smallest absolute Gasteiger partial charge is 0.242 e. The maximum Gasteiger partial charge on any atom is 0.242 e. The van der Waals surface area contributed by atoms with Gasteiger partial charge in [0.15, 0.2) is 0 Å². The van der Waals surface area contributed by atoms with Crippen molar-refractivity contribution in [2.24, 2.45) is 0 Å². The molecule has 1 heterocycles. The molecule has 102 valence electrons. The summed E-state index contributed by atoms with van der Waals surface area (Å²) in [6.07, 6.45) is 0. The fourth-order valence-electron chi connectivity index (χ4n) is 1.63. The van der Waals surface area contributed by atoms with Crippen molar-refractivity contribution < 1.29 is 8.42 Å². The van der Waals surface area contributed by atoms with Crippen molar-refractivity contribution in [3.63, 3.8) is 0 Å². The van der Waals surface area contributed by atoms with Crippen LogP contribution in [0.1, 0.15) is 4.88 Å². The van der Waals surface area contributed by atoms with Crippen LogP contribution in [-0.2, 0) is 16.6 Å². The molecule has 1 aromatic heterocycles. The van der Waals surface area contributed by atoms with Crippen molar-refractivity contribution in [3.8, 4) is 0 Å². The van der Waals surface area contributed by atoms with Crippen LogP contribution in [0.4, 0.5) is 11.4 Å². The minimum atomic E-state index is -3.47. The Labute approximate surface area is 116 Å². The molecule has 0 saturated carbocycles. The van der Waals surface area contributed by atoms with Gasteiger partial charge in [-0.25, -0.2) is 13.1 Å². The van der Waals surface area contributed by atoms with E-state index in [9.17, 15) is 8.42 Å². The van der Waals surface area contributed by atoms with E-state index in [1.54, 1.807) is 24.3 Å². The fourth-order valence-corrected chi connectivity index (χ4v) is 3.27. The molecule has 0 radical (unpaired) electrons. The number of rotatable bonds is 5. The van der Waals surface area contributed by atoms with Crippen molar-refractivity contribution >= 4 is 32.7 Å². The largest absolute Gasteiger partial charge is 0.398 e.